The number of hydrogen-bond donors (Lipinski definition) is 2. The van der Waals surface area contributed by atoms with E-state index in [-0.39, 0.29) is 12.4 Å². The Hall–Kier alpha value is 0.340. The fourth-order valence-electron chi connectivity index (χ4n) is 1.11. The summed E-state index contributed by atoms with van der Waals surface area (Å²) in [5.74, 6) is 0. The maximum absolute atomic E-state index is 11.8. The molecule has 0 radical (unpaired) electrons. The third-order valence-corrected chi connectivity index (χ3v) is 6.09. The molecule has 1 heterocycles. The second-order valence-corrected chi connectivity index (χ2v) is 7.78. The first-order chi connectivity index (χ1) is 7.47. The molecule has 0 aliphatic carbocycles. The van der Waals surface area contributed by atoms with Crippen molar-refractivity contribution in [1.29, 1.82) is 0 Å². The third kappa shape index (κ3) is 5.23. The van der Waals surface area contributed by atoms with Crippen molar-refractivity contribution in [3.8, 4) is 0 Å². The zero-order valence-electron chi connectivity index (χ0n) is 9.40. The lowest BCUT2D eigenvalue weighted by Gasteiger charge is -2.03. The number of unbranched alkanes of at least 4 members (excludes halogenated alkanes) is 1. The van der Waals surface area contributed by atoms with Crippen molar-refractivity contribution in [2.24, 2.45) is 5.73 Å². The number of nitrogens with one attached hydrogen (secondary N) is 1. The maximum atomic E-state index is 11.8. The van der Waals surface area contributed by atoms with Crippen LogP contribution < -0.4 is 10.5 Å². The summed E-state index contributed by atoms with van der Waals surface area (Å²) in [6.45, 7) is 2.90. The van der Waals surface area contributed by atoms with Crippen LogP contribution in [0, 0.1) is 6.92 Å². The summed E-state index contributed by atoms with van der Waals surface area (Å²) in [6, 6.07) is 1.67. The largest absolute Gasteiger partial charge is 0.330 e. The van der Waals surface area contributed by atoms with E-state index in [1.54, 1.807) is 6.07 Å². The number of thiophene rings is 1. The molecular formula is C9H16BrClN2O2S2. The normalized spacial score (nSPS) is 11.2. The Labute approximate surface area is 121 Å². The van der Waals surface area contributed by atoms with Crippen molar-refractivity contribution >= 4 is 49.7 Å². The van der Waals surface area contributed by atoms with Crippen molar-refractivity contribution in [2.45, 2.75) is 24.0 Å². The van der Waals surface area contributed by atoms with Gasteiger partial charge in [-0.05, 0) is 53.9 Å². The molecule has 0 spiro atoms. The molecule has 0 aliphatic rings. The lowest BCUT2D eigenvalue weighted by molar-refractivity contribution is 0.579. The lowest BCUT2D eigenvalue weighted by atomic mass is 10.3. The van der Waals surface area contributed by atoms with Crippen LogP contribution in [0.2, 0.25) is 0 Å². The number of rotatable bonds is 6. The molecule has 0 saturated carbocycles. The van der Waals surface area contributed by atoms with Crippen molar-refractivity contribution in [2.75, 3.05) is 13.1 Å². The van der Waals surface area contributed by atoms with Crippen LogP contribution in [0.15, 0.2) is 14.1 Å². The summed E-state index contributed by atoms with van der Waals surface area (Å²) in [5.41, 5.74) is 6.27. The predicted molar refractivity (Wildman–Crippen MR) is 77.5 cm³/mol. The Morgan fingerprint density at radius 3 is 2.59 bits per heavy atom. The lowest BCUT2D eigenvalue weighted by Crippen LogP contribution is -2.24. The van der Waals surface area contributed by atoms with Crippen molar-refractivity contribution in [3.63, 3.8) is 0 Å². The summed E-state index contributed by atoms with van der Waals surface area (Å²) < 4.78 is 27.4. The van der Waals surface area contributed by atoms with Gasteiger partial charge >= 0.3 is 0 Å². The number of hydrogen-bond acceptors (Lipinski definition) is 4. The van der Waals surface area contributed by atoms with Gasteiger partial charge in [0.15, 0.2) is 0 Å². The van der Waals surface area contributed by atoms with Crippen LogP contribution in [0.4, 0.5) is 0 Å². The summed E-state index contributed by atoms with van der Waals surface area (Å²) in [7, 11) is -3.34. The Kier molecular flexibility index (Phi) is 7.86. The fraction of sp³-hybridized carbons (Fsp3) is 0.556. The molecule has 0 amide bonds. The van der Waals surface area contributed by atoms with Gasteiger partial charge in [0.25, 0.3) is 0 Å². The Bertz CT molecular complexity index is 428. The minimum absolute atomic E-state index is 0. The van der Waals surface area contributed by atoms with Crippen LogP contribution in [-0.2, 0) is 10.0 Å². The first-order valence-corrected chi connectivity index (χ1v) is 8.02. The molecule has 1 aromatic rings. The van der Waals surface area contributed by atoms with Gasteiger partial charge in [-0.1, -0.05) is 0 Å². The standard InChI is InChI=1S/C9H15BrN2O2S2.ClH/c1-7-6-8(15-9(7)10)16(13,14)12-5-3-2-4-11;/h6,12H,2-5,11H2,1H3;1H. The quantitative estimate of drug-likeness (QED) is 0.761. The number of aryl methyl sites for hydroxylation is 1. The van der Waals surface area contributed by atoms with E-state index in [9.17, 15) is 8.42 Å². The van der Waals surface area contributed by atoms with E-state index in [2.05, 4.69) is 20.7 Å². The molecule has 1 rings (SSSR count). The van der Waals surface area contributed by atoms with E-state index in [4.69, 9.17) is 5.73 Å². The topological polar surface area (TPSA) is 72.2 Å². The summed E-state index contributed by atoms with van der Waals surface area (Å²) in [5, 5.41) is 0. The van der Waals surface area contributed by atoms with E-state index in [1.165, 1.54) is 11.3 Å². The zero-order valence-corrected chi connectivity index (χ0v) is 13.4. The molecule has 0 atom stereocenters. The van der Waals surface area contributed by atoms with Gasteiger partial charge in [-0.15, -0.1) is 23.7 Å². The smallest absolute Gasteiger partial charge is 0.250 e. The first kappa shape index (κ1) is 17.3. The van der Waals surface area contributed by atoms with Crippen molar-refractivity contribution in [1.82, 2.24) is 4.72 Å². The summed E-state index contributed by atoms with van der Waals surface area (Å²) in [4.78, 5) is 0. The molecule has 0 bridgehead atoms. The minimum atomic E-state index is -3.34. The third-order valence-electron chi connectivity index (χ3n) is 2.02. The van der Waals surface area contributed by atoms with Crippen LogP contribution in [-0.4, -0.2) is 21.5 Å². The van der Waals surface area contributed by atoms with E-state index < -0.39 is 10.0 Å². The number of sulfonamides is 1. The molecule has 3 N–H and O–H groups in total. The highest BCUT2D eigenvalue weighted by molar-refractivity contribution is 9.11. The molecule has 0 unspecified atom stereocenters. The molecule has 4 nitrogen and oxygen atoms in total. The van der Waals surface area contributed by atoms with Crippen LogP contribution in [0.25, 0.3) is 0 Å². The average molecular weight is 364 g/mol. The summed E-state index contributed by atoms with van der Waals surface area (Å²) >= 11 is 4.54. The predicted octanol–water partition coefficient (Wildman–Crippen LogP) is 2.26. The number of halogens is 2. The Morgan fingerprint density at radius 1 is 1.47 bits per heavy atom. The number of nitrogens with two attached hydrogens (primary N) is 1. The maximum Gasteiger partial charge on any atom is 0.250 e. The van der Waals surface area contributed by atoms with Crippen molar-refractivity contribution in [3.05, 3.63) is 15.4 Å². The van der Waals surface area contributed by atoms with Gasteiger partial charge in [0.05, 0.1) is 3.79 Å². The van der Waals surface area contributed by atoms with Gasteiger partial charge in [-0.25, -0.2) is 13.1 Å². The molecule has 1 aromatic heterocycles. The van der Waals surface area contributed by atoms with E-state index >= 15 is 0 Å². The van der Waals surface area contributed by atoms with Gasteiger partial charge in [-0.3, -0.25) is 0 Å². The minimum Gasteiger partial charge on any atom is -0.330 e. The fourth-order valence-corrected chi connectivity index (χ4v) is 4.46. The second-order valence-electron chi connectivity index (χ2n) is 3.42. The molecule has 0 saturated heterocycles. The van der Waals surface area contributed by atoms with Crippen LogP contribution in [0.1, 0.15) is 18.4 Å². The molecule has 0 aromatic carbocycles. The van der Waals surface area contributed by atoms with E-state index in [1.807, 2.05) is 6.92 Å². The van der Waals surface area contributed by atoms with Gasteiger partial charge in [-0.2, -0.15) is 0 Å². The molecule has 8 heteroatoms. The molecule has 17 heavy (non-hydrogen) atoms. The van der Waals surface area contributed by atoms with Gasteiger partial charge in [0.1, 0.15) is 4.21 Å². The average Bonchev–Trinajstić information content (AvgIpc) is 2.55. The Morgan fingerprint density at radius 2 is 2.12 bits per heavy atom. The molecule has 0 aliphatic heterocycles. The van der Waals surface area contributed by atoms with Crippen LogP contribution in [0.3, 0.4) is 0 Å². The highest BCUT2D eigenvalue weighted by Gasteiger charge is 2.17. The molecule has 0 fully saturated rings. The SMILES string of the molecule is Cc1cc(S(=O)(=O)NCCCCN)sc1Br.Cl. The van der Waals surface area contributed by atoms with E-state index in [0.29, 0.717) is 17.3 Å². The van der Waals surface area contributed by atoms with E-state index in [0.717, 1.165) is 22.2 Å². The van der Waals surface area contributed by atoms with Gasteiger partial charge < -0.3 is 5.73 Å². The van der Waals surface area contributed by atoms with Gasteiger partial charge in [0.2, 0.25) is 10.0 Å². The van der Waals surface area contributed by atoms with Crippen molar-refractivity contribution < 1.29 is 8.42 Å². The van der Waals surface area contributed by atoms with Crippen LogP contribution in [0.5, 0.6) is 0 Å². The highest BCUT2D eigenvalue weighted by atomic mass is 79.9. The van der Waals surface area contributed by atoms with Gasteiger partial charge in [0, 0.05) is 6.54 Å². The Balaban J connectivity index is 0.00000256. The molecular weight excluding hydrogens is 348 g/mol. The monoisotopic (exact) mass is 362 g/mol. The second kappa shape index (κ2) is 7.70. The summed E-state index contributed by atoms with van der Waals surface area (Å²) in [6.07, 6.45) is 1.59. The highest BCUT2D eigenvalue weighted by Crippen LogP contribution is 2.30. The first-order valence-electron chi connectivity index (χ1n) is 4.93. The zero-order chi connectivity index (χ0) is 12.2. The molecule has 100 valence electrons. The van der Waals surface area contributed by atoms with Crippen LogP contribution >= 0.6 is 39.7 Å².